The van der Waals surface area contributed by atoms with Gasteiger partial charge in [-0.2, -0.15) is 0 Å². The molecule has 0 bridgehead atoms. The van der Waals surface area contributed by atoms with Crippen molar-refractivity contribution in [2.45, 2.75) is 20.4 Å². The summed E-state index contributed by atoms with van der Waals surface area (Å²) in [6.45, 7) is 10.2. The summed E-state index contributed by atoms with van der Waals surface area (Å²) in [4.78, 5) is 9.16. The number of phenolic OH excluding ortho intramolecular Hbond substituents is 1. The van der Waals surface area contributed by atoms with Crippen molar-refractivity contribution in [3.05, 3.63) is 23.8 Å². The third-order valence-electron chi connectivity index (χ3n) is 4.23. The number of aromatic hydroxyl groups is 1. The fourth-order valence-corrected chi connectivity index (χ4v) is 3.00. The lowest BCUT2D eigenvalue weighted by Crippen LogP contribution is -2.52. The molecule has 0 atom stereocenters. The van der Waals surface area contributed by atoms with Gasteiger partial charge in [-0.05, 0) is 24.1 Å². The molecule has 0 radical (unpaired) electrons. The Morgan fingerprint density at radius 1 is 1.28 bits per heavy atom. The highest BCUT2D eigenvalue weighted by molar-refractivity contribution is 14.0. The van der Waals surface area contributed by atoms with E-state index < -0.39 is 0 Å². The van der Waals surface area contributed by atoms with Crippen molar-refractivity contribution in [1.82, 2.24) is 15.1 Å². The number of methoxy groups -OCH3 is 1. The molecule has 0 aromatic heterocycles. The standard InChI is InChI=1S/C18H30N4O2.HI/c1-14(2)13-21-7-9-22(10-8-21)18(19-3)20-12-15-11-16(24-4)5-6-17(15)23;/h5-6,11,14,23H,7-10,12-13H2,1-4H3,(H,19,20);1H. The van der Waals surface area contributed by atoms with Crippen LogP contribution < -0.4 is 10.1 Å². The van der Waals surface area contributed by atoms with Gasteiger partial charge in [-0.25, -0.2) is 0 Å². The second-order valence-corrected chi connectivity index (χ2v) is 6.58. The SMILES string of the molecule is CN=C(NCc1cc(OC)ccc1O)N1CCN(CC(C)C)CC1.I. The minimum Gasteiger partial charge on any atom is -0.508 e. The summed E-state index contributed by atoms with van der Waals surface area (Å²) < 4.78 is 5.22. The van der Waals surface area contributed by atoms with E-state index in [2.05, 4.69) is 34.0 Å². The number of hydrogen-bond donors (Lipinski definition) is 2. The van der Waals surface area contributed by atoms with E-state index in [1.165, 1.54) is 0 Å². The van der Waals surface area contributed by atoms with Crippen LogP contribution in [0.4, 0.5) is 0 Å². The molecule has 1 saturated heterocycles. The minimum atomic E-state index is 0. The summed E-state index contributed by atoms with van der Waals surface area (Å²) in [7, 11) is 3.42. The molecule has 0 amide bonds. The molecule has 0 spiro atoms. The summed E-state index contributed by atoms with van der Waals surface area (Å²) in [5.74, 6) is 2.58. The van der Waals surface area contributed by atoms with E-state index in [1.54, 1.807) is 26.3 Å². The van der Waals surface area contributed by atoms with Crippen molar-refractivity contribution in [3.63, 3.8) is 0 Å². The summed E-state index contributed by atoms with van der Waals surface area (Å²) in [5.41, 5.74) is 0.800. The lowest BCUT2D eigenvalue weighted by atomic mass is 10.2. The number of aliphatic imine (C=N–C) groups is 1. The molecule has 6 nitrogen and oxygen atoms in total. The number of piperazine rings is 1. The molecule has 25 heavy (non-hydrogen) atoms. The van der Waals surface area contributed by atoms with Crippen molar-refractivity contribution < 1.29 is 9.84 Å². The zero-order chi connectivity index (χ0) is 17.5. The van der Waals surface area contributed by atoms with Crippen LogP contribution in [-0.4, -0.2) is 67.7 Å². The van der Waals surface area contributed by atoms with Crippen LogP contribution >= 0.6 is 24.0 Å². The van der Waals surface area contributed by atoms with Crippen LogP contribution in [0.15, 0.2) is 23.2 Å². The largest absolute Gasteiger partial charge is 0.508 e. The van der Waals surface area contributed by atoms with E-state index >= 15 is 0 Å². The number of guanidine groups is 1. The zero-order valence-electron chi connectivity index (χ0n) is 15.7. The first-order valence-electron chi connectivity index (χ1n) is 8.57. The molecule has 2 rings (SSSR count). The lowest BCUT2D eigenvalue weighted by Gasteiger charge is -2.37. The van der Waals surface area contributed by atoms with E-state index in [1.807, 2.05) is 6.07 Å². The second-order valence-electron chi connectivity index (χ2n) is 6.58. The van der Waals surface area contributed by atoms with Gasteiger partial charge in [0.25, 0.3) is 0 Å². The Hall–Kier alpha value is -1.22. The fourth-order valence-electron chi connectivity index (χ4n) is 3.00. The van der Waals surface area contributed by atoms with Crippen LogP contribution in [0.25, 0.3) is 0 Å². The molecule has 2 N–H and O–H groups in total. The molecular weight excluding hydrogens is 431 g/mol. The summed E-state index contributed by atoms with van der Waals surface area (Å²) in [6.07, 6.45) is 0. The van der Waals surface area contributed by atoms with Gasteiger partial charge in [-0.1, -0.05) is 13.8 Å². The molecule has 0 aliphatic carbocycles. The van der Waals surface area contributed by atoms with Crippen LogP contribution in [0.1, 0.15) is 19.4 Å². The third-order valence-corrected chi connectivity index (χ3v) is 4.23. The molecule has 142 valence electrons. The van der Waals surface area contributed by atoms with E-state index in [9.17, 15) is 5.11 Å². The summed E-state index contributed by atoms with van der Waals surface area (Å²) in [5, 5.41) is 13.3. The maximum absolute atomic E-state index is 9.99. The van der Waals surface area contributed by atoms with Crippen molar-refractivity contribution in [1.29, 1.82) is 0 Å². The van der Waals surface area contributed by atoms with E-state index in [4.69, 9.17) is 4.74 Å². The highest BCUT2D eigenvalue weighted by Gasteiger charge is 2.20. The molecule has 1 aromatic rings. The molecule has 1 aromatic carbocycles. The molecular formula is C18H31IN4O2. The van der Waals surface area contributed by atoms with Gasteiger partial charge in [0.1, 0.15) is 11.5 Å². The van der Waals surface area contributed by atoms with Gasteiger partial charge in [0.2, 0.25) is 0 Å². The second kappa shape index (κ2) is 10.7. The molecule has 1 fully saturated rings. The van der Waals surface area contributed by atoms with E-state index in [-0.39, 0.29) is 29.7 Å². The average Bonchev–Trinajstić information content (AvgIpc) is 2.57. The highest BCUT2D eigenvalue weighted by atomic mass is 127. The van der Waals surface area contributed by atoms with Gasteiger partial charge < -0.3 is 20.1 Å². The Morgan fingerprint density at radius 3 is 2.52 bits per heavy atom. The summed E-state index contributed by atoms with van der Waals surface area (Å²) in [6, 6.07) is 5.25. The van der Waals surface area contributed by atoms with Crippen molar-refractivity contribution >= 4 is 29.9 Å². The Bertz CT molecular complexity index is 558. The maximum atomic E-state index is 9.99. The highest BCUT2D eigenvalue weighted by Crippen LogP contribution is 2.22. The number of benzene rings is 1. The van der Waals surface area contributed by atoms with Crippen LogP contribution in [0.3, 0.4) is 0 Å². The van der Waals surface area contributed by atoms with Gasteiger partial charge >= 0.3 is 0 Å². The summed E-state index contributed by atoms with van der Waals surface area (Å²) >= 11 is 0. The first kappa shape index (κ1) is 21.8. The van der Waals surface area contributed by atoms with Crippen molar-refractivity contribution in [2.75, 3.05) is 46.9 Å². The number of ether oxygens (including phenoxy) is 1. The number of phenols is 1. The van der Waals surface area contributed by atoms with Crippen LogP contribution in [0.2, 0.25) is 0 Å². The Morgan fingerprint density at radius 2 is 1.96 bits per heavy atom. The Labute approximate surface area is 168 Å². The molecule has 7 heteroatoms. The van der Waals surface area contributed by atoms with Gasteiger partial charge in [0.05, 0.1) is 7.11 Å². The smallest absolute Gasteiger partial charge is 0.194 e. The molecule has 1 aliphatic rings. The monoisotopic (exact) mass is 462 g/mol. The third kappa shape index (κ3) is 6.54. The van der Waals surface area contributed by atoms with Gasteiger partial charge in [0, 0.05) is 51.9 Å². The predicted octanol–water partition coefficient (Wildman–Crippen LogP) is 2.37. The van der Waals surface area contributed by atoms with Crippen LogP contribution in [0, 0.1) is 5.92 Å². The van der Waals surface area contributed by atoms with Crippen molar-refractivity contribution in [2.24, 2.45) is 10.9 Å². The fraction of sp³-hybridized carbons (Fsp3) is 0.611. The number of rotatable bonds is 5. The normalized spacial score (nSPS) is 15.9. The molecule has 1 aliphatic heterocycles. The van der Waals surface area contributed by atoms with Crippen LogP contribution in [-0.2, 0) is 6.54 Å². The van der Waals surface area contributed by atoms with Crippen molar-refractivity contribution in [3.8, 4) is 11.5 Å². The Kier molecular flexibility index (Phi) is 9.34. The average molecular weight is 462 g/mol. The van der Waals surface area contributed by atoms with Gasteiger partial charge in [-0.3, -0.25) is 9.89 Å². The lowest BCUT2D eigenvalue weighted by molar-refractivity contribution is 0.164. The first-order chi connectivity index (χ1) is 11.5. The maximum Gasteiger partial charge on any atom is 0.194 e. The van der Waals surface area contributed by atoms with E-state index in [0.29, 0.717) is 12.5 Å². The minimum absolute atomic E-state index is 0. The van der Waals surface area contributed by atoms with E-state index in [0.717, 1.165) is 50.0 Å². The van der Waals surface area contributed by atoms with Crippen LogP contribution in [0.5, 0.6) is 11.5 Å². The topological polar surface area (TPSA) is 60.3 Å². The first-order valence-corrected chi connectivity index (χ1v) is 8.57. The van der Waals surface area contributed by atoms with Gasteiger partial charge in [-0.15, -0.1) is 24.0 Å². The number of hydrogen-bond acceptors (Lipinski definition) is 4. The number of nitrogens with one attached hydrogen (secondary N) is 1. The molecule has 0 unspecified atom stereocenters. The Balaban J connectivity index is 0.00000312. The number of halogens is 1. The quantitative estimate of drug-likeness (QED) is 0.400. The zero-order valence-corrected chi connectivity index (χ0v) is 18.0. The predicted molar refractivity (Wildman–Crippen MR) is 113 cm³/mol. The van der Waals surface area contributed by atoms with Gasteiger partial charge in [0.15, 0.2) is 5.96 Å². The molecule has 0 saturated carbocycles. The molecule has 1 heterocycles. The number of nitrogens with zero attached hydrogens (tertiary/aromatic N) is 3.